The minimum atomic E-state index is -0.148. The van der Waals surface area contributed by atoms with Crippen molar-refractivity contribution >= 4 is 0 Å². The molecule has 54 valence electrons. The SMILES string of the molecule is C=CCNCC(N)CO. The second-order valence-corrected chi connectivity index (χ2v) is 1.89. The van der Waals surface area contributed by atoms with Gasteiger partial charge in [-0.3, -0.25) is 0 Å². The van der Waals surface area contributed by atoms with Gasteiger partial charge in [0.25, 0.3) is 0 Å². The molecule has 0 fully saturated rings. The Bertz CT molecular complexity index is 75.5. The van der Waals surface area contributed by atoms with Gasteiger partial charge in [0.05, 0.1) is 6.61 Å². The van der Waals surface area contributed by atoms with Crippen LogP contribution in [0.2, 0.25) is 0 Å². The lowest BCUT2D eigenvalue weighted by Gasteiger charge is -2.06. The molecule has 0 spiro atoms. The summed E-state index contributed by atoms with van der Waals surface area (Å²) in [6.45, 7) is 4.93. The minimum Gasteiger partial charge on any atom is -0.395 e. The Labute approximate surface area is 55.6 Å². The van der Waals surface area contributed by atoms with Gasteiger partial charge in [-0.15, -0.1) is 6.58 Å². The number of rotatable bonds is 5. The first kappa shape index (κ1) is 8.62. The standard InChI is InChI=1S/C6H14N2O/c1-2-3-8-4-6(7)5-9/h2,6,8-9H,1,3-5,7H2. The molecule has 0 radical (unpaired) electrons. The van der Waals surface area contributed by atoms with Crippen molar-refractivity contribution in [3.63, 3.8) is 0 Å². The summed E-state index contributed by atoms with van der Waals surface area (Å²) in [6, 6.07) is -0.148. The molecule has 0 heterocycles. The zero-order chi connectivity index (χ0) is 7.11. The summed E-state index contributed by atoms with van der Waals surface area (Å²) in [5, 5.41) is 11.4. The Morgan fingerprint density at radius 1 is 1.78 bits per heavy atom. The number of hydrogen-bond acceptors (Lipinski definition) is 3. The Kier molecular flexibility index (Phi) is 5.51. The predicted octanol–water partition coefficient (Wildman–Crippen LogP) is -0.918. The van der Waals surface area contributed by atoms with E-state index in [2.05, 4.69) is 11.9 Å². The van der Waals surface area contributed by atoms with Gasteiger partial charge in [-0.05, 0) is 0 Å². The van der Waals surface area contributed by atoms with E-state index in [1.807, 2.05) is 0 Å². The fourth-order valence-corrected chi connectivity index (χ4v) is 0.435. The van der Waals surface area contributed by atoms with Crippen molar-refractivity contribution < 1.29 is 5.11 Å². The van der Waals surface area contributed by atoms with Crippen molar-refractivity contribution in [3.8, 4) is 0 Å². The Hall–Kier alpha value is -0.380. The number of hydrogen-bond donors (Lipinski definition) is 3. The summed E-state index contributed by atoms with van der Waals surface area (Å²) in [5.74, 6) is 0. The van der Waals surface area contributed by atoms with Gasteiger partial charge in [0.1, 0.15) is 0 Å². The van der Waals surface area contributed by atoms with E-state index in [1.54, 1.807) is 6.08 Å². The van der Waals surface area contributed by atoms with E-state index in [0.29, 0.717) is 6.54 Å². The predicted molar refractivity (Wildman–Crippen MR) is 38.1 cm³/mol. The average molecular weight is 130 g/mol. The van der Waals surface area contributed by atoms with Gasteiger partial charge in [-0.1, -0.05) is 6.08 Å². The maximum atomic E-state index is 8.44. The molecule has 0 aromatic rings. The molecule has 0 aliphatic rings. The van der Waals surface area contributed by atoms with Gasteiger partial charge in [0.15, 0.2) is 0 Å². The third-order valence-electron chi connectivity index (χ3n) is 0.930. The number of nitrogens with one attached hydrogen (secondary N) is 1. The highest BCUT2D eigenvalue weighted by atomic mass is 16.3. The molecule has 1 atom stereocenters. The second-order valence-electron chi connectivity index (χ2n) is 1.89. The smallest absolute Gasteiger partial charge is 0.0594 e. The maximum Gasteiger partial charge on any atom is 0.0594 e. The van der Waals surface area contributed by atoms with Gasteiger partial charge in [-0.2, -0.15) is 0 Å². The molecule has 0 saturated carbocycles. The third-order valence-corrected chi connectivity index (χ3v) is 0.930. The topological polar surface area (TPSA) is 58.3 Å². The lowest BCUT2D eigenvalue weighted by Crippen LogP contribution is -2.36. The third kappa shape index (κ3) is 5.49. The lowest BCUT2D eigenvalue weighted by atomic mass is 10.3. The molecule has 1 unspecified atom stereocenters. The van der Waals surface area contributed by atoms with Crippen molar-refractivity contribution in [3.05, 3.63) is 12.7 Å². The van der Waals surface area contributed by atoms with Gasteiger partial charge < -0.3 is 16.2 Å². The summed E-state index contributed by atoms with van der Waals surface area (Å²) in [6.07, 6.45) is 1.75. The van der Waals surface area contributed by atoms with E-state index in [1.165, 1.54) is 0 Å². The summed E-state index contributed by atoms with van der Waals surface area (Å²) in [5.41, 5.74) is 5.37. The Morgan fingerprint density at radius 3 is 2.89 bits per heavy atom. The van der Waals surface area contributed by atoms with Crippen LogP contribution in [0.4, 0.5) is 0 Å². The molecule has 0 rings (SSSR count). The summed E-state index contributed by atoms with van der Waals surface area (Å²) < 4.78 is 0. The molecule has 0 aromatic heterocycles. The van der Waals surface area contributed by atoms with Gasteiger partial charge >= 0.3 is 0 Å². The van der Waals surface area contributed by atoms with Crippen LogP contribution in [0.1, 0.15) is 0 Å². The average Bonchev–Trinajstić information content (AvgIpc) is 1.89. The van der Waals surface area contributed by atoms with Crippen LogP contribution in [-0.4, -0.2) is 30.8 Å². The first-order valence-corrected chi connectivity index (χ1v) is 2.99. The minimum absolute atomic E-state index is 0.0319. The normalized spacial score (nSPS) is 13.1. The molecule has 0 amide bonds. The van der Waals surface area contributed by atoms with E-state index in [4.69, 9.17) is 10.8 Å². The second kappa shape index (κ2) is 5.75. The number of aliphatic hydroxyl groups excluding tert-OH is 1. The van der Waals surface area contributed by atoms with Crippen LogP contribution in [0, 0.1) is 0 Å². The van der Waals surface area contributed by atoms with Gasteiger partial charge in [0, 0.05) is 19.1 Å². The molecule has 3 heteroatoms. The van der Waals surface area contributed by atoms with Crippen molar-refractivity contribution in [2.45, 2.75) is 6.04 Å². The Balaban J connectivity index is 2.96. The number of aliphatic hydroxyl groups is 1. The van der Waals surface area contributed by atoms with E-state index in [-0.39, 0.29) is 12.6 Å². The van der Waals surface area contributed by atoms with Crippen LogP contribution in [0.15, 0.2) is 12.7 Å². The van der Waals surface area contributed by atoms with Crippen molar-refractivity contribution in [1.82, 2.24) is 5.32 Å². The lowest BCUT2D eigenvalue weighted by molar-refractivity contribution is 0.263. The number of nitrogens with two attached hydrogens (primary N) is 1. The molecule has 0 aliphatic heterocycles. The molecular weight excluding hydrogens is 116 g/mol. The molecule has 9 heavy (non-hydrogen) atoms. The maximum absolute atomic E-state index is 8.44. The van der Waals surface area contributed by atoms with Crippen LogP contribution in [0.3, 0.4) is 0 Å². The molecule has 0 aliphatic carbocycles. The van der Waals surface area contributed by atoms with Crippen molar-refractivity contribution in [2.75, 3.05) is 19.7 Å². The zero-order valence-electron chi connectivity index (χ0n) is 5.51. The van der Waals surface area contributed by atoms with Crippen molar-refractivity contribution in [2.24, 2.45) is 5.73 Å². The highest BCUT2D eigenvalue weighted by Gasteiger charge is 1.95. The largest absolute Gasteiger partial charge is 0.395 e. The van der Waals surface area contributed by atoms with Crippen LogP contribution in [0.25, 0.3) is 0 Å². The first-order chi connectivity index (χ1) is 4.31. The fourth-order valence-electron chi connectivity index (χ4n) is 0.435. The van der Waals surface area contributed by atoms with Crippen LogP contribution < -0.4 is 11.1 Å². The quantitative estimate of drug-likeness (QED) is 0.333. The van der Waals surface area contributed by atoms with Crippen LogP contribution >= 0.6 is 0 Å². The van der Waals surface area contributed by atoms with Gasteiger partial charge in [0.2, 0.25) is 0 Å². The van der Waals surface area contributed by atoms with Crippen LogP contribution in [-0.2, 0) is 0 Å². The van der Waals surface area contributed by atoms with E-state index in [9.17, 15) is 0 Å². The fraction of sp³-hybridized carbons (Fsp3) is 0.667. The molecule has 4 N–H and O–H groups in total. The highest BCUT2D eigenvalue weighted by Crippen LogP contribution is 1.70. The summed E-state index contributed by atoms with van der Waals surface area (Å²) >= 11 is 0. The zero-order valence-corrected chi connectivity index (χ0v) is 5.51. The van der Waals surface area contributed by atoms with E-state index in [0.717, 1.165) is 6.54 Å². The Morgan fingerprint density at radius 2 is 2.44 bits per heavy atom. The van der Waals surface area contributed by atoms with Gasteiger partial charge in [-0.25, -0.2) is 0 Å². The summed E-state index contributed by atoms with van der Waals surface area (Å²) in [7, 11) is 0. The summed E-state index contributed by atoms with van der Waals surface area (Å²) in [4.78, 5) is 0. The van der Waals surface area contributed by atoms with E-state index < -0.39 is 0 Å². The van der Waals surface area contributed by atoms with Crippen molar-refractivity contribution in [1.29, 1.82) is 0 Å². The molecular formula is C6H14N2O. The first-order valence-electron chi connectivity index (χ1n) is 2.99. The molecule has 3 nitrogen and oxygen atoms in total. The molecule has 0 aromatic carbocycles. The molecule has 0 saturated heterocycles. The monoisotopic (exact) mass is 130 g/mol. The van der Waals surface area contributed by atoms with Crippen LogP contribution in [0.5, 0.6) is 0 Å². The highest BCUT2D eigenvalue weighted by molar-refractivity contribution is 4.72. The molecule has 0 bridgehead atoms. The van der Waals surface area contributed by atoms with E-state index >= 15 is 0 Å².